The van der Waals surface area contributed by atoms with Gasteiger partial charge in [-0.3, -0.25) is 14.4 Å². The molecule has 0 unspecified atom stereocenters. The van der Waals surface area contributed by atoms with Crippen LogP contribution in [0.5, 0.6) is 0 Å². The van der Waals surface area contributed by atoms with Gasteiger partial charge in [0.1, 0.15) is 18.8 Å². The molecule has 0 bridgehead atoms. The molecule has 5 atom stereocenters. The number of carbonyl (C=O) groups excluding carboxylic acids is 3. The van der Waals surface area contributed by atoms with E-state index in [1.54, 1.807) is 0 Å². The topological polar surface area (TPSA) is 129 Å². The Labute approximate surface area is 120 Å². The van der Waals surface area contributed by atoms with E-state index >= 15 is 0 Å². The van der Waals surface area contributed by atoms with Gasteiger partial charge >= 0.3 is 17.9 Å². The van der Waals surface area contributed by atoms with Crippen molar-refractivity contribution in [3.8, 4) is 0 Å². The highest BCUT2D eigenvalue weighted by molar-refractivity contribution is 5.67. The number of esters is 3. The number of hydrogen-bond donors (Lipinski definition) is 2. The Morgan fingerprint density at radius 2 is 1.48 bits per heavy atom. The van der Waals surface area contributed by atoms with Crippen molar-refractivity contribution in [3.63, 3.8) is 0 Å². The van der Waals surface area contributed by atoms with Gasteiger partial charge in [-0.05, 0) is 0 Å². The van der Waals surface area contributed by atoms with Crippen LogP contribution in [-0.2, 0) is 33.3 Å². The molecule has 9 heteroatoms. The van der Waals surface area contributed by atoms with Gasteiger partial charge in [0, 0.05) is 20.8 Å². The summed E-state index contributed by atoms with van der Waals surface area (Å²) in [5, 5.41) is 19.4. The minimum atomic E-state index is -1.68. The van der Waals surface area contributed by atoms with Gasteiger partial charge in [0.2, 0.25) is 0 Å². The number of aliphatic hydroxyl groups excluding tert-OH is 2. The van der Waals surface area contributed by atoms with Crippen molar-refractivity contribution in [2.24, 2.45) is 0 Å². The van der Waals surface area contributed by atoms with E-state index in [-0.39, 0.29) is 6.61 Å². The van der Waals surface area contributed by atoms with Crippen LogP contribution in [0.25, 0.3) is 0 Å². The molecule has 0 aromatic carbocycles. The number of hydrogen-bond acceptors (Lipinski definition) is 9. The first kappa shape index (κ1) is 17.3. The van der Waals surface area contributed by atoms with Crippen LogP contribution >= 0.6 is 0 Å². The first-order valence-corrected chi connectivity index (χ1v) is 6.21. The monoisotopic (exact) mass is 306 g/mol. The number of rotatable bonds is 4. The molecule has 120 valence electrons. The SMILES string of the molecule is CC(=O)OC[C@@H]1O[C@@H](O)[C@H](O)[C@@H](OC(C)=O)[C@@H]1OC(C)=O. The van der Waals surface area contributed by atoms with E-state index < -0.39 is 48.6 Å². The van der Waals surface area contributed by atoms with Crippen LogP contribution in [-0.4, -0.2) is 65.4 Å². The lowest BCUT2D eigenvalue weighted by molar-refractivity contribution is -0.293. The molecule has 0 aliphatic carbocycles. The minimum absolute atomic E-state index is 0.338. The van der Waals surface area contributed by atoms with Crippen LogP contribution in [0.3, 0.4) is 0 Å². The second-order valence-corrected chi connectivity index (χ2v) is 4.51. The molecule has 21 heavy (non-hydrogen) atoms. The third kappa shape index (κ3) is 4.96. The van der Waals surface area contributed by atoms with Gasteiger partial charge in [-0.25, -0.2) is 0 Å². The Bertz CT molecular complexity index is 408. The van der Waals surface area contributed by atoms with Gasteiger partial charge in [-0.1, -0.05) is 0 Å². The Hall–Kier alpha value is -1.71. The summed E-state index contributed by atoms with van der Waals surface area (Å²) in [5.41, 5.74) is 0. The summed E-state index contributed by atoms with van der Waals surface area (Å²) < 4.78 is 19.6. The van der Waals surface area contributed by atoms with Gasteiger partial charge in [0.05, 0.1) is 0 Å². The second-order valence-electron chi connectivity index (χ2n) is 4.51. The maximum absolute atomic E-state index is 11.1. The molecule has 1 aliphatic heterocycles. The van der Waals surface area contributed by atoms with Gasteiger partial charge in [0.15, 0.2) is 18.5 Å². The molecule has 1 aliphatic rings. The fourth-order valence-corrected chi connectivity index (χ4v) is 1.90. The molecule has 0 aromatic heterocycles. The fraction of sp³-hybridized carbons (Fsp3) is 0.750. The zero-order valence-electron chi connectivity index (χ0n) is 11.8. The smallest absolute Gasteiger partial charge is 0.303 e. The number of carbonyl (C=O) groups is 3. The molecule has 0 saturated carbocycles. The van der Waals surface area contributed by atoms with Gasteiger partial charge in [0.25, 0.3) is 0 Å². The van der Waals surface area contributed by atoms with E-state index in [1.165, 1.54) is 6.92 Å². The highest BCUT2D eigenvalue weighted by Crippen LogP contribution is 2.25. The standard InChI is InChI=1S/C12H18O9/c1-5(13)18-4-8-10(19-6(2)14)11(20-7(3)15)9(16)12(17)21-8/h8-12,16-17H,4H2,1-3H3/t8-,9+,10+,11+,12+/m0/s1. The van der Waals surface area contributed by atoms with E-state index in [9.17, 15) is 24.6 Å². The Morgan fingerprint density at radius 1 is 0.952 bits per heavy atom. The van der Waals surface area contributed by atoms with Crippen molar-refractivity contribution < 1.29 is 43.5 Å². The summed E-state index contributed by atoms with van der Waals surface area (Å²) in [4.78, 5) is 33.1. The third-order valence-corrected chi connectivity index (χ3v) is 2.69. The molecule has 1 fully saturated rings. The zero-order chi connectivity index (χ0) is 16.2. The summed E-state index contributed by atoms with van der Waals surface area (Å²) in [6.07, 6.45) is -6.92. The predicted octanol–water partition coefficient (Wildman–Crippen LogP) is -1.51. The molecular weight excluding hydrogens is 288 g/mol. The predicted molar refractivity (Wildman–Crippen MR) is 64.6 cm³/mol. The number of aliphatic hydroxyl groups is 2. The van der Waals surface area contributed by atoms with E-state index in [0.717, 1.165) is 13.8 Å². The molecular formula is C12H18O9. The summed E-state index contributed by atoms with van der Waals surface area (Å²) >= 11 is 0. The number of ether oxygens (including phenoxy) is 4. The van der Waals surface area contributed by atoms with E-state index in [2.05, 4.69) is 0 Å². The molecule has 1 saturated heterocycles. The highest BCUT2D eigenvalue weighted by Gasteiger charge is 2.49. The third-order valence-electron chi connectivity index (χ3n) is 2.69. The average molecular weight is 306 g/mol. The maximum Gasteiger partial charge on any atom is 0.303 e. The quantitative estimate of drug-likeness (QED) is 0.470. The molecule has 0 aromatic rings. The van der Waals surface area contributed by atoms with E-state index in [0.29, 0.717) is 0 Å². The summed E-state index contributed by atoms with van der Waals surface area (Å²) in [5.74, 6) is -2.06. The Morgan fingerprint density at radius 3 is 1.95 bits per heavy atom. The summed E-state index contributed by atoms with van der Waals surface area (Å²) in [6, 6.07) is 0. The van der Waals surface area contributed by atoms with Gasteiger partial charge in [-0.2, -0.15) is 0 Å². The first-order chi connectivity index (χ1) is 9.72. The van der Waals surface area contributed by atoms with Crippen molar-refractivity contribution >= 4 is 17.9 Å². The normalized spacial score (nSPS) is 32.1. The average Bonchev–Trinajstić information content (AvgIpc) is 2.35. The van der Waals surface area contributed by atoms with Crippen LogP contribution in [0.1, 0.15) is 20.8 Å². The molecule has 9 nitrogen and oxygen atoms in total. The van der Waals surface area contributed by atoms with Crippen LogP contribution in [0.15, 0.2) is 0 Å². The van der Waals surface area contributed by atoms with E-state index in [1.807, 2.05) is 0 Å². The Balaban J connectivity index is 2.94. The van der Waals surface area contributed by atoms with Crippen LogP contribution in [0.4, 0.5) is 0 Å². The largest absolute Gasteiger partial charge is 0.463 e. The zero-order valence-corrected chi connectivity index (χ0v) is 11.8. The lowest BCUT2D eigenvalue weighted by Gasteiger charge is -2.41. The molecule has 0 amide bonds. The summed E-state index contributed by atoms with van der Waals surface area (Å²) in [6.45, 7) is 3.04. The highest BCUT2D eigenvalue weighted by atomic mass is 16.7. The summed E-state index contributed by atoms with van der Waals surface area (Å²) in [7, 11) is 0. The van der Waals surface area contributed by atoms with Crippen molar-refractivity contribution in [2.45, 2.75) is 51.5 Å². The van der Waals surface area contributed by atoms with Gasteiger partial charge in [-0.15, -0.1) is 0 Å². The molecule has 0 radical (unpaired) electrons. The first-order valence-electron chi connectivity index (χ1n) is 6.21. The maximum atomic E-state index is 11.1. The van der Waals surface area contributed by atoms with Crippen molar-refractivity contribution in [3.05, 3.63) is 0 Å². The Kier molecular flexibility index (Phi) is 6.06. The van der Waals surface area contributed by atoms with Crippen molar-refractivity contribution in [1.82, 2.24) is 0 Å². The van der Waals surface area contributed by atoms with Crippen molar-refractivity contribution in [2.75, 3.05) is 6.61 Å². The van der Waals surface area contributed by atoms with E-state index in [4.69, 9.17) is 18.9 Å². The van der Waals surface area contributed by atoms with Crippen molar-refractivity contribution in [1.29, 1.82) is 0 Å². The lowest BCUT2D eigenvalue weighted by atomic mass is 9.98. The molecule has 2 N–H and O–H groups in total. The molecule has 1 heterocycles. The van der Waals surface area contributed by atoms with Crippen LogP contribution < -0.4 is 0 Å². The van der Waals surface area contributed by atoms with Gasteiger partial charge < -0.3 is 29.2 Å². The fourth-order valence-electron chi connectivity index (χ4n) is 1.90. The minimum Gasteiger partial charge on any atom is -0.463 e. The van der Waals surface area contributed by atoms with Crippen LogP contribution in [0, 0.1) is 0 Å². The second kappa shape index (κ2) is 7.34. The molecule has 0 spiro atoms. The van der Waals surface area contributed by atoms with Crippen LogP contribution in [0.2, 0.25) is 0 Å². The lowest BCUT2D eigenvalue weighted by Crippen LogP contribution is -2.61. The molecule has 1 rings (SSSR count).